The van der Waals surface area contributed by atoms with Crippen molar-refractivity contribution in [2.24, 2.45) is 0 Å². The lowest BCUT2D eigenvalue weighted by atomic mass is 10.0. The smallest absolute Gasteiger partial charge is 0.0323 e. The van der Waals surface area contributed by atoms with Gasteiger partial charge in [0.15, 0.2) is 0 Å². The summed E-state index contributed by atoms with van der Waals surface area (Å²) >= 11 is 3.48. The molecule has 0 heterocycles. The van der Waals surface area contributed by atoms with E-state index in [0.717, 1.165) is 10.9 Å². The molecule has 1 N–H and O–H groups in total. The summed E-state index contributed by atoms with van der Waals surface area (Å²) in [4.78, 5) is 0. The van der Waals surface area contributed by atoms with Crippen LogP contribution in [0.1, 0.15) is 43.5 Å². The lowest BCUT2D eigenvalue weighted by Crippen LogP contribution is -2.24. The second kappa shape index (κ2) is 6.88. The Balaban J connectivity index is 2.09. The molecule has 2 aromatic carbocycles. The normalized spacial score (nSPS) is 14.1. The van der Waals surface area contributed by atoms with Crippen molar-refractivity contribution in [1.82, 2.24) is 5.32 Å². The molecule has 2 rings (SSSR count). The second-order valence-corrected chi connectivity index (χ2v) is 5.73. The van der Waals surface area contributed by atoms with Crippen molar-refractivity contribution >= 4 is 15.9 Å². The number of rotatable bonds is 5. The minimum Gasteiger partial charge on any atom is -0.303 e. The zero-order valence-electron chi connectivity index (χ0n) is 11.4. The molecule has 0 radical (unpaired) electrons. The molecule has 2 unspecified atom stereocenters. The van der Waals surface area contributed by atoms with E-state index in [1.807, 2.05) is 0 Å². The first kappa shape index (κ1) is 14.3. The summed E-state index contributed by atoms with van der Waals surface area (Å²) in [5, 5.41) is 3.70. The van der Waals surface area contributed by atoms with Crippen LogP contribution in [0.3, 0.4) is 0 Å². The van der Waals surface area contributed by atoms with Crippen molar-refractivity contribution in [2.75, 3.05) is 0 Å². The van der Waals surface area contributed by atoms with Gasteiger partial charge < -0.3 is 5.32 Å². The van der Waals surface area contributed by atoms with Crippen molar-refractivity contribution in [3.05, 3.63) is 70.2 Å². The molecule has 2 aromatic rings. The quantitative estimate of drug-likeness (QED) is 0.794. The molecule has 19 heavy (non-hydrogen) atoms. The zero-order valence-corrected chi connectivity index (χ0v) is 13.0. The van der Waals surface area contributed by atoms with E-state index >= 15 is 0 Å². The van der Waals surface area contributed by atoms with Gasteiger partial charge in [-0.15, -0.1) is 0 Å². The van der Waals surface area contributed by atoms with Crippen molar-refractivity contribution in [3.63, 3.8) is 0 Å². The highest BCUT2D eigenvalue weighted by atomic mass is 79.9. The fraction of sp³-hybridized carbons (Fsp3) is 0.294. The molecule has 0 bridgehead atoms. The number of benzene rings is 2. The van der Waals surface area contributed by atoms with Crippen LogP contribution in [0, 0.1) is 0 Å². The highest BCUT2D eigenvalue weighted by molar-refractivity contribution is 9.10. The molecular formula is C17H20BrN. The maximum absolute atomic E-state index is 3.70. The van der Waals surface area contributed by atoms with E-state index in [-0.39, 0.29) is 0 Å². The first-order valence-corrected chi connectivity index (χ1v) is 7.56. The van der Waals surface area contributed by atoms with Gasteiger partial charge in [-0.1, -0.05) is 65.3 Å². The van der Waals surface area contributed by atoms with Gasteiger partial charge in [-0.2, -0.15) is 0 Å². The third-order valence-electron chi connectivity index (χ3n) is 3.43. The molecule has 0 fully saturated rings. The fourth-order valence-corrected chi connectivity index (χ4v) is 2.55. The van der Waals surface area contributed by atoms with E-state index in [4.69, 9.17) is 0 Å². The predicted octanol–water partition coefficient (Wildman–Crippen LogP) is 5.25. The van der Waals surface area contributed by atoms with Crippen LogP contribution in [-0.2, 0) is 0 Å². The Morgan fingerprint density at radius 1 is 0.947 bits per heavy atom. The number of hydrogen-bond acceptors (Lipinski definition) is 1. The summed E-state index contributed by atoms with van der Waals surface area (Å²) in [7, 11) is 0. The third kappa shape index (κ3) is 3.92. The molecule has 1 nitrogen and oxygen atoms in total. The largest absolute Gasteiger partial charge is 0.303 e. The average molecular weight is 318 g/mol. The monoisotopic (exact) mass is 317 g/mol. The minimum atomic E-state index is 0.356. The molecule has 0 aliphatic rings. The maximum Gasteiger partial charge on any atom is 0.0323 e. The van der Waals surface area contributed by atoms with Gasteiger partial charge >= 0.3 is 0 Å². The molecule has 0 aliphatic heterocycles. The average Bonchev–Trinajstić information content (AvgIpc) is 2.46. The van der Waals surface area contributed by atoms with Crippen LogP contribution in [0.2, 0.25) is 0 Å². The highest BCUT2D eigenvalue weighted by Crippen LogP contribution is 2.23. The van der Waals surface area contributed by atoms with Crippen LogP contribution in [0.15, 0.2) is 59.1 Å². The van der Waals surface area contributed by atoms with Gasteiger partial charge in [0.1, 0.15) is 0 Å². The maximum atomic E-state index is 3.70. The molecular weight excluding hydrogens is 298 g/mol. The van der Waals surface area contributed by atoms with E-state index in [9.17, 15) is 0 Å². The Bertz CT molecular complexity index is 492. The molecule has 2 heteroatoms. The van der Waals surface area contributed by atoms with E-state index < -0.39 is 0 Å². The number of halogens is 1. The zero-order chi connectivity index (χ0) is 13.7. The highest BCUT2D eigenvalue weighted by Gasteiger charge is 2.13. The Hall–Kier alpha value is -1.12. The summed E-state index contributed by atoms with van der Waals surface area (Å²) in [6.07, 6.45) is 1.08. The Morgan fingerprint density at radius 3 is 2.16 bits per heavy atom. The van der Waals surface area contributed by atoms with Gasteiger partial charge in [-0.25, -0.2) is 0 Å². The van der Waals surface area contributed by atoms with Gasteiger partial charge in [-0.3, -0.25) is 0 Å². The van der Waals surface area contributed by atoms with Crippen LogP contribution in [0.4, 0.5) is 0 Å². The first-order chi connectivity index (χ1) is 9.20. The van der Waals surface area contributed by atoms with Crippen LogP contribution < -0.4 is 5.32 Å². The summed E-state index contributed by atoms with van der Waals surface area (Å²) in [6, 6.07) is 19.9. The molecule has 2 atom stereocenters. The summed E-state index contributed by atoms with van der Waals surface area (Å²) in [5.74, 6) is 0. The van der Waals surface area contributed by atoms with Gasteiger partial charge in [0, 0.05) is 16.6 Å². The van der Waals surface area contributed by atoms with Gasteiger partial charge in [0.2, 0.25) is 0 Å². The third-order valence-corrected chi connectivity index (χ3v) is 3.96. The van der Waals surface area contributed by atoms with Crippen molar-refractivity contribution in [2.45, 2.75) is 32.4 Å². The van der Waals surface area contributed by atoms with Gasteiger partial charge in [-0.05, 0) is 36.6 Å². The SMILES string of the molecule is CCC(NC(C)c1ccccc1)c1ccc(Br)cc1. The topological polar surface area (TPSA) is 12.0 Å². The van der Waals surface area contributed by atoms with E-state index in [2.05, 4.69) is 89.7 Å². The van der Waals surface area contributed by atoms with Crippen molar-refractivity contribution < 1.29 is 0 Å². The van der Waals surface area contributed by atoms with Crippen molar-refractivity contribution in [3.8, 4) is 0 Å². The molecule has 0 amide bonds. The Labute approximate surface area is 124 Å². The molecule has 100 valence electrons. The lowest BCUT2D eigenvalue weighted by molar-refractivity contribution is 0.456. The summed E-state index contributed by atoms with van der Waals surface area (Å²) < 4.78 is 1.13. The molecule has 0 spiro atoms. The van der Waals surface area contributed by atoms with E-state index in [1.165, 1.54) is 11.1 Å². The van der Waals surface area contributed by atoms with Gasteiger partial charge in [0.25, 0.3) is 0 Å². The molecule has 0 saturated heterocycles. The summed E-state index contributed by atoms with van der Waals surface area (Å²) in [6.45, 7) is 4.44. The van der Waals surface area contributed by atoms with Crippen LogP contribution >= 0.6 is 15.9 Å². The number of nitrogens with one attached hydrogen (secondary N) is 1. The van der Waals surface area contributed by atoms with E-state index in [1.54, 1.807) is 0 Å². The lowest BCUT2D eigenvalue weighted by Gasteiger charge is -2.23. The molecule has 0 aliphatic carbocycles. The predicted molar refractivity (Wildman–Crippen MR) is 85.2 cm³/mol. The standard InChI is InChI=1S/C17H20BrN/c1-3-17(15-9-11-16(18)12-10-15)19-13(2)14-7-5-4-6-8-14/h4-13,17,19H,3H2,1-2H3. The van der Waals surface area contributed by atoms with Crippen molar-refractivity contribution in [1.29, 1.82) is 0 Å². The van der Waals surface area contributed by atoms with Crippen LogP contribution in [0.25, 0.3) is 0 Å². The van der Waals surface area contributed by atoms with Gasteiger partial charge in [0.05, 0.1) is 0 Å². The number of hydrogen-bond donors (Lipinski definition) is 1. The summed E-state index contributed by atoms with van der Waals surface area (Å²) in [5.41, 5.74) is 2.67. The minimum absolute atomic E-state index is 0.356. The first-order valence-electron chi connectivity index (χ1n) is 6.77. The Morgan fingerprint density at radius 2 is 1.58 bits per heavy atom. The second-order valence-electron chi connectivity index (χ2n) is 4.81. The fourth-order valence-electron chi connectivity index (χ4n) is 2.28. The molecule has 0 saturated carbocycles. The molecule has 0 aromatic heterocycles. The Kier molecular flexibility index (Phi) is 5.17. The van der Waals surface area contributed by atoms with Crippen LogP contribution in [-0.4, -0.2) is 0 Å². The van der Waals surface area contributed by atoms with E-state index in [0.29, 0.717) is 12.1 Å². The van der Waals surface area contributed by atoms with Crippen LogP contribution in [0.5, 0.6) is 0 Å².